The number of hydrogen-bond acceptors (Lipinski definition) is 3. The highest BCUT2D eigenvalue weighted by Crippen LogP contribution is 2.12. The van der Waals surface area contributed by atoms with Gasteiger partial charge in [-0.15, -0.1) is 0 Å². The lowest BCUT2D eigenvalue weighted by atomic mass is 10.2. The van der Waals surface area contributed by atoms with Crippen LogP contribution in [-0.2, 0) is 4.74 Å². The molecular formula is C15H28N4O. The summed E-state index contributed by atoms with van der Waals surface area (Å²) < 4.78 is 5.40. The number of aliphatic imine (C=N–C) groups is 2. The Morgan fingerprint density at radius 1 is 1.50 bits per heavy atom. The molecule has 1 aliphatic rings. The molecule has 1 aliphatic heterocycles. The Bertz CT molecular complexity index is 355. The molecule has 0 radical (unpaired) electrons. The molecule has 3 N–H and O–H groups in total. The maximum absolute atomic E-state index is 5.79. The molecule has 20 heavy (non-hydrogen) atoms. The summed E-state index contributed by atoms with van der Waals surface area (Å²) >= 11 is 0. The first kappa shape index (κ1) is 16.5. The van der Waals surface area contributed by atoms with Gasteiger partial charge in [-0.1, -0.05) is 6.92 Å². The number of nitrogens with two attached hydrogens (primary N) is 1. The van der Waals surface area contributed by atoms with Crippen molar-refractivity contribution < 1.29 is 4.74 Å². The van der Waals surface area contributed by atoms with Crippen LogP contribution in [0.3, 0.4) is 0 Å². The topological polar surface area (TPSA) is 72.0 Å². The number of hydrogen-bond donors (Lipinski definition) is 2. The second kappa shape index (κ2) is 9.39. The fourth-order valence-electron chi connectivity index (χ4n) is 2.03. The van der Waals surface area contributed by atoms with Gasteiger partial charge in [0.15, 0.2) is 0 Å². The van der Waals surface area contributed by atoms with Crippen molar-refractivity contribution in [2.45, 2.75) is 58.6 Å². The van der Waals surface area contributed by atoms with E-state index in [-0.39, 0.29) is 6.04 Å². The molecule has 0 spiro atoms. The lowest BCUT2D eigenvalue weighted by Crippen LogP contribution is -2.34. The van der Waals surface area contributed by atoms with Gasteiger partial charge in [0.1, 0.15) is 6.10 Å². The summed E-state index contributed by atoms with van der Waals surface area (Å²) in [6.07, 6.45) is 8.01. The van der Waals surface area contributed by atoms with Gasteiger partial charge in [-0.2, -0.15) is 0 Å². The maximum Gasteiger partial charge on any atom is 0.103 e. The van der Waals surface area contributed by atoms with E-state index >= 15 is 0 Å². The Kier molecular flexibility index (Phi) is 7.77. The fraction of sp³-hybridized carbons (Fsp3) is 0.733. The number of nitrogens with zero attached hydrogens (tertiary/aromatic N) is 2. The minimum atomic E-state index is 0.249. The fourth-order valence-corrected chi connectivity index (χ4v) is 2.03. The highest BCUT2D eigenvalue weighted by molar-refractivity contribution is 5.81. The van der Waals surface area contributed by atoms with Crippen LogP contribution in [0.2, 0.25) is 0 Å². The molecule has 2 unspecified atom stereocenters. The first-order chi connectivity index (χ1) is 9.61. The molecule has 114 valence electrons. The first-order valence-electron chi connectivity index (χ1n) is 7.48. The van der Waals surface area contributed by atoms with E-state index < -0.39 is 0 Å². The lowest BCUT2D eigenvalue weighted by Gasteiger charge is -2.13. The summed E-state index contributed by atoms with van der Waals surface area (Å²) in [5.41, 5.74) is 5.79. The van der Waals surface area contributed by atoms with Gasteiger partial charge < -0.3 is 15.8 Å². The Morgan fingerprint density at radius 2 is 2.30 bits per heavy atom. The van der Waals surface area contributed by atoms with Crippen molar-refractivity contribution in [3.63, 3.8) is 0 Å². The van der Waals surface area contributed by atoms with Crippen molar-refractivity contribution in [3.8, 4) is 0 Å². The monoisotopic (exact) mass is 280 g/mol. The summed E-state index contributed by atoms with van der Waals surface area (Å²) in [4.78, 5) is 8.87. The van der Waals surface area contributed by atoms with Crippen LogP contribution in [0.25, 0.3) is 0 Å². The zero-order valence-corrected chi connectivity index (χ0v) is 12.9. The van der Waals surface area contributed by atoms with E-state index in [1.165, 1.54) is 0 Å². The standard InChI is InChI=1S/C15H28N4O/c1-4-6-15(16)18-11-12(2)19-13(3)17-9-8-14-7-5-10-20-14/h5,10,12,14H,4,6-9,11H2,1-3H3,(H2,16,18)(H,17,19). The van der Waals surface area contributed by atoms with Crippen LogP contribution in [0.4, 0.5) is 0 Å². The molecule has 0 aromatic rings. The Labute approximate surface area is 122 Å². The van der Waals surface area contributed by atoms with Crippen molar-refractivity contribution in [1.82, 2.24) is 5.32 Å². The van der Waals surface area contributed by atoms with E-state index in [2.05, 4.69) is 35.2 Å². The molecule has 5 heteroatoms. The van der Waals surface area contributed by atoms with E-state index in [0.29, 0.717) is 12.6 Å². The second-order valence-electron chi connectivity index (χ2n) is 5.25. The van der Waals surface area contributed by atoms with Gasteiger partial charge in [0.05, 0.1) is 24.5 Å². The molecule has 0 aromatic heterocycles. The van der Waals surface area contributed by atoms with Gasteiger partial charge in [-0.05, 0) is 26.3 Å². The normalized spacial score (nSPS) is 20.9. The largest absolute Gasteiger partial charge is 0.498 e. The van der Waals surface area contributed by atoms with Crippen molar-refractivity contribution in [2.75, 3.05) is 13.1 Å². The maximum atomic E-state index is 5.79. The number of amidine groups is 2. The van der Waals surface area contributed by atoms with Gasteiger partial charge in [-0.3, -0.25) is 9.98 Å². The van der Waals surface area contributed by atoms with Crippen LogP contribution in [0, 0.1) is 0 Å². The summed E-state index contributed by atoms with van der Waals surface area (Å²) in [6, 6.07) is 0.249. The van der Waals surface area contributed by atoms with E-state index in [1.54, 1.807) is 6.26 Å². The Balaban J connectivity index is 2.19. The molecule has 2 atom stereocenters. The summed E-state index contributed by atoms with van der Waals surface area (Å²) in [7, 11) is 0. The Hall–Kier alpha value is -1.52. The molecule has 0 saturated carbocycles. The third-order valence-electron chi connectivity index (χ3n) is 3.10. The van der Waals surface area contributed by atoms with Gasteiger partial charge in [0.2, 0.25) is 0 Å². The zero-order chi connectivity index (χ0) is 14.8. The van der Waals surface area contributed by atoms with Crippen molar-refractivity contribution in [2.24, 2.45) is 15.7 Å². The third kappa shape index (κ3) is 7.16. The molecule has 0 amide bonds. The predicted octanol–water partition coefficient (Wildman–Crippen LogP) is 2.23. The van der Waals surface area contributed by atoms with E-state index in [0.717, 1.165) is 43.9 Å². The Morgan fingerprint density at radius 3 is 2.95 bits per heavy atom. The third-order valence-corrected chi connectivity index (χ3v) is 3.10. The highest BCUT2D eigenvalue weighted by Gasteiger charge is 2.10. The van der Waals surface area contributed by atoms with E-state index in [1.807, 2.05) is 6.92 Å². The zero-order valence-electron chi connectivity index (χ0n) is 12.9. The van der Waals surface area contributed by atoms with Crippen molar-refractivity contribution in [3.05, 3.63) is 12.3 Å². The molecule has 0 bridgehead atoms. The molecule has 1 rings (SSSR count). The SMILES string of the molecule is CCCC(N)=NCC(C)NC(C)=NCCC1CC=CO1. The van der Waals surface area contributed by atoms with Crippen LogP contribution in [0.1, 0.15) is 46.5 Å². The number of ether oxygens (including phenoxy) is 1. The summed E-state index contributed by atoms with van der Waals surface area (Å²) in [5.74, 6) is 1.69. The minimum Gasteiger partial charge on any atom is -0.498 e. The average molecular weight is 280 g/mol. The van der Waals surface area contributed by atoms with Crippen molar-refractivity contribution >= 4 is 11.7 Å². The van der Waals surface area contributed by atoms with E-state index in [4.69, 9.17) is 10.5 Å². The lowest BCUT2D eigenvalue weighted by molar-refractivity contribution is 0.164. The van der Waals surface area contributed by atoms with E-state index in [9.17, 15) is 0 Å². The van der Waals surface area contributed by atoms with Crippen LogP contribution in [0.5, 0.6) is 0 Å². The van der Waals surface area contributed by atoms with Gasteiger partial charge in [-0.25, -0.2) is 0 Å². The summed E-state index contributed by atoms with van der Waals surface area (Å²) in [6.45, 7) is 7.66. The number of nitrogens with one attached hydrogen (secondary N) is 1. The quantitative estimate of drug-likeness (QED) is 0.529. The van der Waals surface area contributed by atoms with Crippen LogP contribution >= 0.6 is 0 Å². The van der Waals surface area contributed by atoms with Gasteiger partial charge in [0, 0.05) is 31.8 Å². The first-order valence-corrected chi connectivity index (χ1v) is 7.48. The second-order valence-corrected chi connectivity index (χ2v) is 5.25. The van der Waals surface area contributed by atoms with Crippen molar-refractivity contribution in [1.29, 1.82) is 0 Å². The van der Waals surface area contributed by atoms with Gasteiger partial charge in [0.25, 0.3) is 0 Å². The van der Waals surface area contributed by atoms with Gasteiger partial charge >= 0.3 is 0 Å². The predicted molar refractivity (Wildman–Crippen MR) is 85.2 cm³/mol. The highest BCUT2D eigenvalue weighted by atomic mass is 16.5. The smallest absolute Gasteiger partial charge is 0.103 e. The molecule has 0 saturated heterocycles. The molecule has 5 nitrogen and oxygen atoms in total. The average Bonchev–Trinajstić information content (AvgIpc) is 2.90. The minimum absolute atomic E-state index is 0.249. The molecule has 0 fully saturated rings. The number of rotatable bonds is 8. The molecule has 0 aromatic carbocycles. The molecular weight excluding hydrogens is 252 g/mol. The van der Waals surface area contributed by atoms with Crippen LogP contribution < -0.4 is 11.1 Å². The molecule has 0 aliphatic carbocycles. The van der Waals surface area contributed by atoms with Crippen LogP contribution in [-0.4, -0.2) is 36.9 Å². The summed E-state index contributed by atoms with van der Waals surface area (Å²) in [5, 5.41) is 3.33. The molecule has 1 heterocycles. The van der Waals surface area contributed by atoms with Crippen LogP contribution in [0.15, 0.2) is 22.3 Å².